The topological polar surface area (TPSA) is 68.5 Å². The number of carbonyl (C=O) groups excluding carboxylic acids is 1. The van der Waals surface area contributed by atoms with Gasteiger partial charge in [0, 0.05) is 6.42 Å². The molecule has 0 bridgehead atoms. The largest absolute Gasteiger partial charge is 0.469 e. The van der Waals surface area contributed by atoms with Crippen LogP contribution in [0.4, 0.5) is 0 Å². The van der Waals surface area contributed by atoms with Crippen molar-refractivity contribution in [3.05, 3.63) is 12.2 Å². The van der Waals surface area contributed by atoms with Crippen molar-refractivity contribution in [2.45, 2.75) is 19.4 Å². The number of hydrogen-bond donors (Lipinski definition) is 0. The lowest BCUT2D eigenvalue weighted by Gasteiger charge is -2.12. The van der Waals surface area contributed by atoms with Crippen LogP contribution in [-0.2, 0) is 16.1 Å². The van der Waals surface area contributed by atoms with Gasteiger partial charge in [0.15, 0.2) is 6.33 Å². The van der Waals surface area contributed by atoms with Gasteiger partial charge in [-0.1, -0.05) is 5.16 Å². The van der Waals surface area contributed by atoms with E-state index in [0.717, 1.165) is 13.0 Å². The van der Waals surface area contributed by atoms with E-state index < -0.39 is 0 Å². The van der Waals surface area contributed by atoms with E-state index in [4.69, 9.17) is 4.52 Å². The van der Waals surface area contributed by atoms with Crippen LogP contribution in [0.3, 0.4) is 0 Å². The summed E-state index contributed by atoms with van der Waals surface area (Å²) in [5.41, 5.74) is 0. The lowest BCUT2D eigenvalue weighted by Crippen LogP contribution is -2.20. The number of ether oxygens (including phenoxy) is 1. The van der Waals surface area contributed by atoms with Crippen molar-refractivity contribution in [3.63, 3.8) is 0 Å². The van der Waals surface area contributed by atoms with Crippen molar-refractivity contribution >= 4 is 5.97 Å². The van der Waals surface area contributed by atoms with Crippen LogP contribution in [0, 0.1) is 0 Å². The van der Waals surface area contributed by atoms with Crippen LogP contribution in [0.25, 0.3) is 0 Å². The van der Waals surface area contributed by atoms with Crippen LogP contribution >= 0.6 is 0 Å². The van der Waals surface area contributed by atoms with E-state index in [0.29, 0.717) is 18.9 Å². The molecule has 6 nitrogen and oxygen atoms in total. The molecular formula is C9H15N3O3. The fourth-order valence-corrected chi connectivity index (χ4v) is 1.17. The molecule has 0 aliphatic carbocycles. The van der Waals surface area contributed by atoms with Gasteiger partial charge in [-0.05, 0) is 20.0 Å². The fourth-order valence-electron chi connectivity index (χ4n) is 1.17. The number of rotatable bonds is 6. The van der Waals surface area contributed by atoms with Crippen molar-refractivity contribution in [1.29, 1.82) is 0 Å². The summed E-state index contributed by atoms with van der Waals surface area (Å²) < 4.78 is 9.40. The molecular weight excluding hydrogens is 198 g/mol. The Labute approximate surface area is 88.2 Å². The van der Waals surface area contributed by atoms with E-state index in [1.165, 1.54) is 13.4 Å². The van der Waals surface area contributed by atoms with Crippen molar-refractivity contribution in [2.75, 3.05) is 20.7 Å². The highest BCUT2D eigenvalue weighted by molar-refractivity contribution is 5.69. The summed E-state index contributed by atoms with van der Waals surface area (Å²) in [6.45, 7) is 1.39. The summed E-state index contributed by atoms with van der Waals surface area (Å²) >= 11 is 0. The Morgan fingerprint density at radius 2 is 2.47 bits per heavy atom. The van der Waals surface area contributed by atoms with E-state index in [1.807, 2.05) is 11.9 Å². The standard InChI is InChI=1S/C9H15N3O3/c1-12(5-3-4-9(13)14-2)6-8-10-7-11-15-8/h7H,3-6H2,1-2H3. The summed E-state index contributed by atoms with van der Waals surface area (Å²) in [6.07, 6.45) is 2.57. The van der Waals surface area contributed by atoms with Gasteiger partial charge in [-0.3, -0.25) is 9.69 Å². The third-order valence-corrected chi connectivity index (χ3v) is 1.96. The molecule has 0 atom stereocenters. The number of nitrogens with zero attached hydrogens (tertiary/aromatic N) is 3. The fraction of sp³-hybridized carbons (Fsp3) is 0.667. The van der Waals surface area contributed by atoms with Crippen molar-refractivity contribution in [1.82, 2.24) is 15.0 Å². The Morgan fingerprint density at radius 3 is 3.07 bits per heavy atom. The van der Waals surface area contributed by atoms with E-state index in [9.17, 15) is 4.79 Å². The smallest absolute Gasteiger partial charge is 0.305 e. The highest BCUT2D eigenvalue weighted by Gasteiger charge is 2.06. The van der Waals surface area contributed by atoms with Gasteiger partial charge in [-0.2, -0.15) is 4.98 Å². The molecule has 0 radical (unpaired) electrons. The first-order chi connectivity index (χ1) is 7.22. The first-order valence-corrected chi connectivity index (χ1v) is 4.73. The van der Waals surface area contributed by atoms with E-state index >= 15 is 0 Å². The third-order valence-electron chi connectivity index (χ3n) is 1.96. The van der Waals surface area contributed by atoms with Crippen LogP contribution in [-0.4, -0.2) is 41.7 Å². The monoisotopic (exact) mass is 213 g/mol. The van der Waals surface area contributed by atoms with Gasteiger partial charge in [0.2, 0.25) is 5.89 Å². The van der Waals surface area contributed by atoms with Gasteiger partial charge in [-0.25, -0.2) is 0 Å². The second-order valence-electron chi connectivity index (χ2n) is 3.25. The maximum absolute atomic E-state index is 10.8. The summed E-state index contributed by atoms with van der Waals surface area (Å²) in [5, 5.41) is 3.51. The quantitative estimate of drug-likeness (QED) is 0.639. The van der Waals surface area contributed by atoms with Crippen LogP contribution in [0.1, 0.15) is 18.7 Å². The zero-order valence-corrected chi connectivity index (χ0v) is 8.97. The van der Waals surface area contributed by atoms with Gasteiger partial charge in [-0.15, -0.1) is 0 Å². The Bertz CT molecular complexity index is 287. The van der Waals surface area contributed by atoms with Crippen LogP contribution in [0.2, 0.25) is 0 Å². The highest BCUT2D eigenvalue weighted by Crippen LogP contribution is 2.00. The predicted octanol–water partition coefficient (Wildman–Crippen LogP) is 0.455. The number of methoxy groups -OCH3 is 1. The lowest BCUT2D eigenvalue weighted by molar-refractivity contribution is -0.140. The molecule has 0 aromatic carbocycles. The van der Waals surface area contributed by atoms with Gasteiger partial charge >= 0.3 is 5.97 Å². The Kier molecular flexibility index (Phi) is 4.76. The molecule has 0 N–H and O–H groups in total. The molecule has 0 spiro atoms. The maximum Gasteiger partial charge on any atom is 0.305 e. The molecule has 84 valence electrons. The molecule has 1 rings (SSSR count). The summed E-state index contributed by atoms with van der Waals surface area (Å²) in [7, 11) is 3.33. The molecule has 0 amide bonds. The molecule has 0 unspecified atom stereocenters. The minimum Gasteiger partial charge on any atom is -0.469 e. The molecule has 6 heteroatoms. The molecule has 1 aromatic rings. The normalized spacial score (nSPS) is 10.6. The van der Waals surface area contributed by atoms with Gasteiger partial charge in [0.25, 0.3) is 0 Å². The maximum atomic E-state index is 10.8. The molecule has 0 aliphatic rings. The molecule has 15 heavy (non-hydrogen) atoms. The predicted molar refractivity (Wildman–Crippen MR) is 51.9 cm³/mol. The zero-order chi connectivity index (χ0) is 11.1. The molecule has 0 fully saturated rings. The summed E-state index contributed by atoms with van der Waals surface area (Å²) in [5.74, 6) is 0.400. The first kappa shape index (κ1) is 11.6. The van der Waals surface area contributed by atoms with E-state index in [1.54, 1.807) is 0 Å². The van der Waals surface area contributed by atoms with Crippen LogP contribution < -0.4 is 0 Å². The number of esters is 1. The molecule has 0 saturated carbocycles. The molecule has 1 heterocycles. The minimum atomic E-state index is -0.179. The Hall–Kier alpha value is -1.43. The van der Waals surface area contributed by atoms with Crippen molar-refractivity contribution in [3.8, 4) is 0 Å². The lowest BCUT2D eigenvalue weighted by atomic mass is 10.3. The van der Waals surface area contributed by atoms with Crippen molar-refractivity contribution in [2.24, 2.45) is 0 Å². The SMILES string of the molecule is COC(=O)CCCN(C)Cc1ncno1. The molecule has 1 aromatic heterocycles. The second kappa shape index (κ2) is 6.13. The number of hydrogen-bond acceptors (Lipinski definition) is 6. The Balaban J connectivity index is 2.14. The zero-order valence-electron chi connectivity index (χ0n) is 8.97. The third kappa shape index (κ3) is 4.55. The van der Waals surface area contributed by atoms with Gasteiger partial charge in [0.05, 0.1) is 13.7 Å². The first-order valence-electron chi connectivity index (χ1n) is 4.73. The number of aromatic nitrogens is 2. The molecule has 0 saturated heterocycles. The van der Waals surface area contributed by atoms with E-state index in [2.05, 4.69) is 14.9 Å². The summed E-state index contributed by atoms with van der Waals surface area (Å²) in [6, 6.07) is 0. The van der Waals surface area contributed by atoms with Gasteiger partial charge < -0.3 is 9.26 Å². The average Bonchev–Trinajstić information content (AvgIpc) is 2.70. The molecule has 0 aliphatic heterocycles. The summed E-state index contributed by atoms with van der Waals surface area (Å²) in [4.78, 5) is 16.7. The average molecular weight is 213 g/mol. The number of carbonyl (C=O) groups is 1. The minimum absolute atomic E-state index is 0.179. The van der Waals surface area contributed by atoms with E-state index in [-0.39, 0.29) is 5.97 Å². The highest BCUT2D eigenvalue weighted by atomic mass is 16.5. The van der Waals surface area contributed by atoms with Crippen LogP contribution in [0.5, 0.6) is 0 Å². The van der Waals surface area contributed by atoms with Crippen LogP contribution in [0.15, 0.2) is 10.9 Å². The second-order valence-corrected chi connectivity index (χ2v) is 3.25. The van der Waals surface area contributed by atoms with Crippen molar-refractivity contribution < 1.29 is 14.1 Å². The Morgan fingerprint density at radius 1 is 1.67 bits per heavy atom. The van der Waals surface area contributed by atoms with Gasteiger partial charge in [0.1, 0.15) is 0 Å².